The summed E-state index contributed by atoms with van der Waals surface area (Å²) < 4.78 is 0.927. The van der Waals surface area contributed by atoms with Gasteiger partial charge >= 0.3 is 0 Å². The monoisotopic (exact) mass is 223 g/mol. The van der Waals surface area contributed by atoms with Crippen molar-refractivity contribution in [2.45, 2.75) is 6.92 Å². The predicted octanol–water partition coefficient (Wildman–Crippen LogP) is 1.57. The van der Waals surface area contributed by atoms with E-state index in [2.05, 4.69) is 27.5 Å². The minimum absolute atomic E-state index is 0.927. The van der Waals surface area contributed by atoms with Crippen LogP contribution in [-0.4, -0.2) is 4.98 Å². The van der Waals surface area contributed by atoms with Crippen LogP contribution in [0.15, 0.2) is 31.0 Å². The summed E-state index contributed by atoms with van der Waals surface area (Å²) in [5.41, 5.74) is 0. The molecule has 1 heterocycles. The normalized spacial score (nSPS) is 14.3. The summed E-state index contributed by atoms with van der Waals surface area (Å²) in [6.07, 6.45) is 5.54. The van der Waals surface area contributed by atoms with E-state index in [1.54, 1.807) is 12.3 Å². The second kappa shape index (κ2) is 4.21. The topological polar surface area (TPSA) is 12.9 Å². The molecule has 62 valence electrons. The Morgan fingerprint density at radius 3 is 3.00 bits per heavy atom. The molecule has 0 fully saturated rings. The maximum absolute atomic E-state index is 4.23. The highest BCUT2D eigenvalue weighted by Gasteiger charge is 1.88. The number of hydrogen-bond donors (Lipinski definition) is 0. The fourth-order valence-corrected chi connectivity index (χ4v) is 1.28. The van der Waals surface area contributed by atoms with Gasteiger partial charge in [0, 0.05) is 10.7 Å². The van der Waals surface area contributed by atoms with E-state index in [0.717, 1.165) is 15.1 Å². The molecule has 1 rings (SSSR count). The summed E-state index contributed by atoms with van der Waals surface area (Å²) in [5.74, 6) is 0. The van der Waals surface area contributed by atoms with Crippen LogP contribution in [0.4, 0.5) is 0 Å². The van der Waals surface area contributed by atoms with E-state index < -0.39 is 0 Å². The zero-order valence-corrected chi connectivity index (χ0v) is 8.51. The number of aromatic nitrogens is 1. The van der Waals surface area contributed by atoms with Gasteiger partial charge in [0.1, 0.15) is 0 Å². The Kier molecular flexibility index (Phi) is 3.23. The standard InChI is InChI=1S/C10H10BrN/c1-3-8-6-5-7-12-10(8)9(11)4-2/h3-7H,2H2,1H3. The van der Waals surface area contributed by atoms with E-state index >= 15 is 0 Å². The summed E-state index contributed by atoms with van der Waals surface area (Å²) in [6.45, 7) is 5.66. The van der Waals surface area contributed by atoms with Crippen molar-refractivity contribution >= 4 is 26.5 Å². The van der Waals surface area contributed by atoms with Crippen molar-refractivity contribution in [2.24, 2.45) is 0 Å². The van der Waals surface area contributed by atoms with E-state index in [-0.39, 0.29) is 0 Å². The Morgan fingerprint density at radius 2 is 2.42 bits per heavy atom. The van der Waals surface area contributed by atoms with Crippen molar-refractivity contribution in [1.29, 1.82) is 0 Å². The van der Waals surface area contributed by atoms with E-state index in [4.69, 9.17) is 0 Å². The van der Waals surface area contributed by atoms with Crippen molar-refractivity contribution in [1.82, 2.24) is 4.98 Å². The van der Waals surface area contributed by atoms with Crippen LogP contribution in [0, 0.1) is 0 Å². The Hall–Kier alpha value is -0.890. The molecule has 0 N–H and O–H groups in total. The van der Waals surface area contributed by atoms with Crippen LogP contribution in [0.5, 0.6) is 0 Å². The van der Waals surface area contributed by atoms with Crippen LogP contribution >= 0.6 is 15.9 Å². The minimum Gasteiger partial charge on any atom is -0.255 e. The second-order valence-corrected chi connectivity index (χ2v) is 3.14. The SMILES string of the molecule is C=CC(Br)=c1ncccc1=CC. The highest BCUT2D eigenvalue weighted by molar-refractivity contribution is 9.15. The van der Waals surface area contributed by atoms with Crippen molar-refractivity contribution in [3.63, 3.8) is 0 Å². The first-order valence-electron chi connectivity index (χ1n) is 3.69. The molecular weight excluding hydrogens is 214 g/mol. The van der Waals surface area contributed by atoms with Gasteiger partial charge in [0.05, 0.1) is 5.35 Å². The first-order valence-corrected chi connectivity index (χ1v) is 4.48. The molecule has 0 atom stereocenters. The molecule has 0 aliphatic carbocycles. The molecular formula is C10H10BrN. The lowest BCUT2D eigenvalue weighted by atomic mass is 10.3. The fraction of sp³-hybridized carbons (Fsp3) is 0.100. The molecule has 0 radical (unpaired) electrons. The molecule has 0 saturated heterocycles. The van der Waals surface area contributed by atoms with E-state index in [1.165, 1.54) is 0 Å². The van der Waals surface area contributed by atoms with Crippen LogP contribution in [-0.2, 0) is 0 Å². The quantitative estimate of drug-likeness (QED) is 0.705. The van der Waals surface area contributed by atoms with Gasteiger partial charge in [0.25, 0.3) is 0 Å². The Bertz CT molecular complexity index is 393. The maximum Gasteiger partial charge on any atom is 0.0840 e. The Morgan fingerprint density at radius 1 is 1.67 bits per heavy atom. The summed E-state index contributed by atoms with van der Waals surface area (Å²) in [5, 5.41) is 2.05. The molecule has 0 saturated carbocycles. The largest absolute Gasteiger partial charge is 0.255 e. The highest BCUT2D eigenvalue weighted by Crippen LogP contribution is 2.01. The average Bonchev–Trinajstić information content (AvgIpc) is 2.16. The second-order valence-electron chi connectivity index (χ2n) is 2.28. The number of pyridine rings is 1. The fourth-order valence-electron chi connectivity index (χ4n) is 0.947. The minimum atomic E-state index is 0.927. The molecule has 12 heavy (non-hydrogen) atoms. The van der Waals surface area contributed by atoms with Gasteiger partial charge < -0.3 is 0 Å². The third kappa shape index (κ3) is 1.83. The number of rotatable bonds is 1. The van der Waals surface area contributed by atoms with Crippen molar-refractivity contribution < 1.29 is 0 Å². The number of hydrogen-bond acceptors (Lipinski definition) is 1. The first-order chi connectivity index (χ1) is 5.79. The van der Waals surface area contributed by atoms with E-state index in [9.17, 15) is 0 Å². The molecule has 0 bridgehead atoms. The van der Waals surface area contributed by atoms with Crippen molar-refractivity contribution in [3.8, 4) is 0 Å². The van der Waals surface area contributed by atoms with Crippen molar-refractivity contribution in [2.75, 3.05) is 0 Å². The molecule has 1 aromatic heterocycles. The third-order valence-corrected chi connectivity index (χ3v) is 2.25. The molecule has 0 aromatic carbocycles. The summed E-state index contributed by atoms with van der Waals surface area (Å²) in [6, 6.07) is 3.94. The molecule has 1 nitrogen and oxygen atoms in total. The number of nitrogens with zero attached hydrogens (tertiary/aromatic N) is 1. The van der Waals surface area contributed by atoms with Gasteiger partial charge in [-0.05, 0) is 34.1 Å². The lowest BCUT2D eigenvalue weighted by Crippen LogP contribution is -2.28. The lowest BCUT2D eigenvalue weighted by molar-refractivity contribution is 1.22. The van der Waals surface area contributed by atoms with Gasteiger partial charge in [-0.15, -0.1) is 0 Å². The first kappa shape index (κ1) is 9.20. The summed E-state index contributed by atoms with van der Waals surface area (Å²) >= 11 is 3.39. The van der Waals surface area contributed by atoms with Gasteiger partial charge in [0.15, 0.2) is 0 Å². The van der Waals surface area contributed by atoms with Gasteiger partial charge in [-0.25, -0.2) is 0 Å². The Labute approximate surface area is 80.3 Å². The van der Waals surface area contributed by atoms with Crippen LogP contribution in [0.25, 0.3) is 10.6 Å². The van der Waals surface area contributed by atoms with Gasteiger partial charge in [-0.2, -0.15) is 0 Å². The maximum atomic E-state index is 4.23. The van der Waals surface area contributed by atoms with Crippen molar-refractivity contribution in [3.05, 3.63) is 41.6 Å². The average molecular weight is 224 g/mol. The molecule has 0 spiro atoms. The molecule has 0 unspecified atom stereocenters. The van der Waals surface area contributed by atoms with Gasteiger partial charge in [-0.3, -0.25) is 4.98 Å². The summed E-state index contributed by atoms with van der Waals surface area (Å²) in [4.78, 5) is 4.23. The number of allylic oxidation sites excluding steroid dienone is 1. The van der Waals surface area contributed by atoms with Crippen LogP contribution in [0.3, 0.4) is 0 Å². The van der Waals surface area contributed by atoms with Crippen LogP contribution in [0.1, 0.15) is 6.92 Å². The lowest BCUT2D eigenvalue weighted by Gasteiger charge is -1.90. The molecule has 2 heteroatoms. The van der Waals surface area contributed by atoms with Gasteiger partial charge in [0.2, 0.25) is 0 Å². The predicted molar refractivity (Wildman–Crippen MR) is 56.2 cm³/mol. The van der Waals surface area contributed by atoms with Crippen LogP contribution in [0.2, 0.25) is 0 Å². The summed E-state index contributed by atoms with van der Waals surface area (Å²) in [7, 11) is 0. The van der Waals surface area contributed by atoms with E-state index in [1.807, 2.05) is 25.1 Å². The molecule has 0 aliphatic rings. The zero-order chi connectivity index (χ0) is 8.97. The third-order valence-electron chi connectivity index (χ3n) is 1.56. The number of halogens is 1. The van der Waals surface area contributed by atoms with Crippen LogP contribution < -0.4 is 10.6 Å². The molecule has 0 amide bonds. The smallest absolute Gasteiger partial charge is 0.0840 e. The zero-order valence-electron chi connectivity index (χ0n) is 6.92. The highest BCUT2D eigenvalue weighted by atomic mass is 79.9. The van der Waals surface area contributed by atoms with E-state index in [0.29, 0.717) is 0 Å². The Balaban J connectivity index is 3.65. The van der Waals surface area contributed by atoms with Gasteiger partial charge in [-0.1, -0.05) is 24.8 Å². The molecule has 1 aromatic rings. The molecule has 0 aliphatic heterocycles.